The Balaban J connectivity index is 2.76. The molecule has 0 aliphatic rings. The van der Waals surface area contributed by atoms with E-state index < -0.39 is 5.82 Å². The highest BCUT2D eigenvalue weighted by Gasteiger charge is 2.16. The summed E-state index contributed by atoms with van der Waals surface area (Å²) in [5.41, 5.74) is 6.14. The normalized spacial score (nSPS) is 12.5. The molecule has 2 N–H and O–H groups in total. The fourth-order valence-corrected chi connectivity index (χ4v) is 1.76. The zero-order chi connectivity index (χ0) is 12.1. The van der Waals surface area contributed by atoms with E-state index in [9.17, 15) is 9.18 Å². The van der Waals surface area contributed by atoms with Crippen LogP contribution >= 0.6 is 11.6 Å². The number of hydrogen-bond acceptors (Lipinski definition) is 2. The molecule has 0 bridgehead atoms. The summed E-state index contributed by atoms with van der Waals surface area (Å²) in [4.78, 5) is 11.8. The Kier molecular flexibility index (Phi) is 4.90. The van der Waals surface area contributed by atoms with Crippen LogP contribution in [0.4, 0.5) is 4.39 Å². The van der Waals surface area contributed by atoms with Gasteiger partial charge in [-0.3, -0.25) is 4.79 Å². The van der Waals surface area contributed by atoms with Gasteiger partial charge in [0, 0.05) is 23.9 Å². The lowest BCUT2D eigenvalue weighted by molar-refractivity contribution is -0.122. The Bertz CT molecular complexity index is 377. The van der Waals surface area contributed by atoms with Gasteiger partial charge in [0.05, 0.1) is 0 Å². The molecular formula is C12H15ClFNO. The first-order chi connectivity index (χ1) is 7.58. The van der Waals surface area contributed by atoms with Crippen LogP contribution in [0.25, 0.3) is 0 Å². The van der Waals surface area contributed by atoms with Gasteiger partial charge in [0.2, 0.25) is 0 Å². The average molecular weight is 244 g/mol. The number of halogens is 2. The second-order valence-electron chi connectivity index (χ2n) is 3.72. The molecule has 4 heteroatoms. The third kappa shape index (κ3) is 3.29. The standard InChI is InChI=1S/C12H15ClFNO/c1-2-8(7-15)12(16)5-9-3-4-10(14)6-11(9)13/h3-4,6,8H,2,5,7,15H2,1H3. The summed E-state index contributed by atoms with van der Waals surface area (Å²) < 4.78 is 12.8. The van der Waals surface area contributed by atoms with Crippen molar-refractivity contribution in [1.29, 1.82) is 0 Å². The predicted molar refractivity (Wildman–Crippen MR) is 63.0 cm³/mol. The molecule has 2 nitrogen and oxygen atoms in total. The predicted octanol–water partition coefficient (Wildman–Crippen LogP) is 2.58. The molecule has 1 rings (SSSR count). The third-order valence-electron chi connectivity index (χ3n) is 2.61. The van der Waals surface area contributed by atoms with E-state index >= 15 is 0 Å². The SMILES string of the molecule is CCC(CN)C(=O)Cc1ccc(F)cc1Cl. The van der Waals surface area contributed by atoms with Crippen molar-refractivity contribution < 1.29 is 9.18 Å². The van der Waals surface area contributed by atoms with Gasteiger partial charge in [0.1, 0.15) is 11.6 Å². The van der Waals surface area contributed by atoms with E-state index in [0.29, 0.717) is 23.6 Å². The molecule has 88 valence electrons. The maximum atomic E-state index is 12.8. The molecule has 1 aromatic carbocycles. The van der Waals surface area contributed by atoms with E-state index in [4.69, 9.17) is 17.3 Å². The van der Waals surface area contributed by atoms with Gasteiger partial charge in [-0.1, -0.05) is 24.6 Å². The zero-order valence-corrected chi connectivity index (χ0v) is 9.93. The highest BCUT2D eigenvalue weighted by atomic mass is 35.5. The number of ketones is 1. The highest BCUT2D eigenvalue weighted by molar-refractivity contribution is 6.31. The van der Waals surface area contributed by atoms with Crippen molar-refractivity contribution in [1.82, 2.24) is 0 Å². The van der Waals surface area contributed by atoms with Crippen molar-refractivity contribution in [2.75, 3.05) is 6.54 Å². The van der Waals surface area contributed by atoms with Gasteiger partial charge >= 0.3 is 0 Å². The van der Waals surface area contributed by atoms with Crippen molar-refractivity contribution in [3.8, 4) is 0 Å². The summed E-state index contributed by atoms with van der Waals surface area (Å²) in [6, 6.07) is 4.06. The number of hydrogen-bond donors (Lipinski definition) is 1. The first-order valence-electron chi connectivity index (χ1n) is 5.25. The molecule has 1 atom stereocenters. The molecule has 16 heavy (non-hydrogen) atoms. The number of benzene rings is 1. The van der Waals surface area contributed by atoms with Crippen molar-refractivity contribution in [3.63, 3.8) is 0 Å². The Hall–Kier alpha value is -0.930. The first-order valence-corrected chi connectivity index (χ1v) is 5.63. The fourth-order valence-electron chi connectivity index (χ4n) is 1.52. The van der Waals surface area contributed by atoms with E-state index in [2.05, 4.69) is 0 Å². The Morgan fingerprint density at radius 1 is 1.56 bits per heavy atom. The summed E-state index contributed by atoms with van der Waals surface area (Å²) >= 11 is 5.84. The van der Waals surface area contributed by atoms with Crippen LogP contribution in [-0.4, -0.2) is 12.3 Å². The monoisotopic (exact) mass is 243 g/mol. The van der Waals surface area contributed by atoms with E-state index in [1.165, 1.54) is 12.1 Å². The average Bonchev–Trinajstić information content (AvgIpc) is 2.24. The van der Waals surface area contributed by atoms with E-state index in [0.717, 1.165) is 0 Å². The van der Waals surface area contributed by atoms with Crippen LogP contribution in [0.2, 0.25) is 5.02 Å². The van der Waals surface area contributed by atoms with Crippen LogP contribution < -0.4 is 5.73 Å². The summed E-state index contributed by atoms with van der Waals surface area (Å²) in [7, 11) is 0. The molecule has 1 unspecified atom stereocenters. The largest absolute Gasteiger partial charge is 0.330 e. The molecular weight excluding hydrogens is 229 g/mol. The van der Waals surface area contributed by atoms with Gasteiger partial charge in [-0.25, -0.2) is 4.39 Å². The number of Topliss-reactive ketones (excluding diaryl/α,β-unsaturated/α-hetero) is 1. The van der Waals surface area contributed by atoms with Crippen LogP contribution in [0, 0.1) is 11.7 Å². The van der Waals surface area contributed by atoms with E-state index in [-0.39, 0.29) is 18.1 Å². The van der Waals surface area contributed by atoms with Crippen LogP contribution in [0.1, 0.15) is 18.9 Å². The molecule has 0 spiro atoms. The highest BCUT2D eigenvalue weighted by Crippen LogP contribution is 2.19. The maximum absolute atomic E-state index is 12.8. The van der Waals surface area contributed by atoms with Crippen LogP contribution in [0.15, 0.2) is 18.2 Å². The summed E-state index contributed by atoms with van der Waals surface area (Å²) in [5.74, 6) is -0.480. The van der Waals surface area contributed by atoms with Gasteiger partial charge in [0.25, 0.3) is 0 Å². The van der Waals surface area contributed by atoms with Crippen molar-refractivity contribution in [2.24, 2.45) is 11.7 Å². The Labute approximate surface area is 99.6 Å². The summed E-state index contributed by atoms with van der Waals surface area (Å²) in [6.45, 7) is 2.26. The molecule has 0 fully saturated rings. The quantitative estimate of drug-likeness (QED) is 0.864. The second kappa shape index (κ2) is 5.97. The lowest BCUT2D eigenvalue weighted by Crippen LogP contribution is -2.24. The molecule has 0 aromatic heterocycles. The van der Waals surface area contributed by atoms with Crippen molar-refractivity contribution in [3.05, 3.63) is 34.6 Å². The smallest absolute Gasteiger partial charge is 0.141 e. The lowest BCUT2D eigenvalue weighted by atomic mass is 9.96. The fraction of sp³-hybridized carbons (Fsp3) is 0.417. The summed E-state index contributed by atoms with van der Waals surface area (Å²) in [6.07, 6.45) is 0.933. The molecule has 0 radical (unpaired) electrons. The molecule has 0 heterocycles. The number of nitrogens with two attached hydrogens (primary N) is 1. The summed E-state index contributed by atoms with van der Waals surface area (Å²) in [5, 5.41) is 0.292. The van der Waals surface area contributed by atoms with Crippen molar-refractivity contribution in [2.45, 2.75) is 19.8 Å². The number of carbonyl (C=O) groups excluding carboxylic acids is 1. The molecule has 0 aliphatic heterocycles. The van der Waals surface area contributed by atoms with Gasteiger partial charge in [-0.15, -0.1) is 0 Å². The minimum absolute atomic E-state index is 0.0542. The first kappa shape index (κ1) is 13.1. The van der Waals surface area contributed by atoms with Crippen molar-refractivity contribution >= 4 is 17.4 Å². The van der Waals surface area contributed by atoms with E-state index in [1.54, 1.807) is 6.07 Å². The second-order valence-corrected chi connectivity index (χ2v) is 4.13. The van der Waals surface area contributed by atoms with Gasteiger partial charge in [0.15, 0.2) is 0 Å². The maximum Gasteiger partial charge on any atom is 0.141 e. The Morgan fingerprint density at radius 3 is 2.75 bits per heavy atom. The molecule has 1 aromatic rings. The number of carbonyl (C=O) groups is 1. The van der Waals surface area contributed by atoms with Gasteiger partial charge in [-0.05, 0) is 24.1 Å². The molecule has 0 saturated heterocycles. The number of rotatable bonds is 5. The third-order valence-corrected chi connectivity index (χ3v) is 2.96. The molecule has 0 saturated carbocycles. The Morgan fingerprint density at radius 2 is 2.25 bits per heavy atom. The van der Waals surface area contributed by atoms with Crippen LogP contribution in [0.5, 0.6) is 0 Å². The van der Waals surface area contributed by atoms with Crippen LogP contribution in [-0.2, 0) is 11.2 Å². The lowest BCUT2D eigenvalue weighted by Gasteiger charge is -2.11. The minimum Gasteiger partial charge on any atom is -0.330 e. The topological polar surface area (TPSA) is 43.1 Å². The molecule has 0 aliphatic carbocycles. The minimum atomic E-state index is -0.396. The zero-order valence-electron chi connectivity index (χ0n) is 9.17. The van der Waals surface area contributed by atoms with Gasteiger partial charge in [-0.2, -0.15) is 0 Å². The molecule has 0 amide bonds. The van der Waals surface area contributed by atoms with E-state index in [1.807, 2.05) is 6.92 Å². The van der Waals surface area contributed by atoms with Gasteiger partial charge < -0.3 is 5.73 Å². The van der Waals surface area contributed by atoms with Crippen LogP contribution in [0.3, 0.4) is 0 Å².